The quantitative estimate of drug-likeness (QED) is 0.764. The maximum atomic E-state index is 11.6. The molecular weight excluding hydrogens is 248 g/mol. The number of aryl methyl sites for hydroxylation is 1. The molecule has 0 spiro atoms. The van der Waals surface area contributed by atoms with Crippen LogP contribution >= 0.6 is 11.3 Å². The molecule has 0 bridgehead atoms. The fraction of sp³-hybridized carbons (Fsp3) is 0.143. The normalized spacial score (nSPS) is 10.2. The number of carbonyl (C=O) groups is 2. The highest BCUT2D eigenvalue weighted by molar-refractivity contribution is 7.12. The molecule has 2 rings (SSSR count). The van der Waals surface area contributed by atoms with Crippen LogP contribution in [-0.4, -0.2) is 42.2 Å². The second-order valence-electron chi connectivity index (χ2n) is 2.90. The summed E-state index contributed by atoms with van der Waals surface area (Å²) in [7, 11) is 1.55. The molecule has 0 fully saturated rings. The Morgan fingerprint density at radius 1 is 1.53 bits per heavy atom. The largest absolute Gasteiger partial charge is 0.476 e. The fourth-order valence-electron chi connectivity index (χ4n) is 0.965. The van der Waals surface area contributed by atoms with Crippen molar-refractivity contribution in [3.63, 3.8) is 0 Å². The van der Waals surface area contributed by atoms with E-state index in [-0.39, 0.29) is 16.6 Å². The Morgan fingerprint density at radius 3 is 2.82 bits per heavy atom. The molecular formula is C7H6N6O3S. The third-order valence-electron chi connectivity index (χ3n) is 1.65. The van der Waals surface area contributed by atoms with Crippen molar-refractivity contribution >= 4 is 29.2 Å². The average Bonchev–Trinajstić information content (AvgIpc) is 2.86. The van der Waals surface area contributed by atoms with E-state index in [4.69, 9.17) is 5.11 Å². The van der Waals surface area contributed by atoms with E-state index < -0.39 is 11.9 Å². The molecule has 0 aliphatic carbocycles. The Kier molecular flexibility index (Phi) is 2.78. The Balaban J connectivity index is 2.11. The van der Waals surface area contributed by atoms with Gasteiger partial charge in [0, 0.05) is 5.38 Å². The first-order chi connectivity index (χ1) is 8.06. The molecule has 88 valence electrons. The molecule has 0 atom stereocenters. The van der Waals surface area contributed by atoms with Gasteiger partial charge in [-0.15, -0.1) is 16.4 Å². The van der Waals surface area contributed by atoms with Crippen molar-refractivity contribution in [3.8, 4) is 0 Å². The van der Waals surface area contributed by atoms with Crippen LogP contribution < -0.4 is 5.32 Å². The van der Waals surface area contributed by atoms with Gasteiger partial charge in [0.15, 0.2) is 10.7 Å². The number of anilines is 1. The number of amides is 1. The van der Waals surface area contributed by atoms with Gasteiger partial charge in [-0.05, 0) is 5.21 Å². The molecule has 2 heterocycles. The maximum absolute atomic E-state index is 11.6. The summed E-state index contributed by atoms with van der Waals surface area (Å²) in [6.45, 7) is 0. The minimum absolute atomic E-state index is 0.0230. The summed E-state index contributed by atoms with van der Waals surface area (Å²) in [5.41, 5.74) is -0.174. The number of hydrogen-bond donors (Lipinski definition) is 2. The van der Waals surface area contributed by atoms with Crippen molar-refractivity contribution in [2.45, 2.75) is 0 Å². The molecule has 0 aromatic carbocycles. The molecule has 0 saturated carbocycles. The number of thiazole rings is 1. The van der Waals surface area contributed by atoms with Crippen LogP contribution in [-0.2, 0) is 7.05 Å². The van der Waals surface area contributed by atoms with Gasteiger partial charge in [0.2, 0.25) is 0 Å². The number of carboxylic acid groups (broad SMARTS) is 1. The van der Waals surface area contributed by atoms with Crippen molar-refractivity contribution in [1.82, 2.24) is 25.2 Å². The number of nitrogens with zero attached hydrogens (tertiary/aromatic N) is 5. The zero-order chi connectivity index (χ0) is 12.4. The highest BCUT2D eigenvalue weighted by atomic mass is 32.1. The van der Waals surface area contributed by atoms with Gasteiger partial charge in [-0.2, -0.15) is 4.80 Å². The molecule has 0 aliphatic heterocycles. The molecule has 0 saturated heterocycles. The Hall–Kier alpha value is -2.36. The molecule has 10 heteroatoms. The van der Waals surface area contributed by atoms with Crippen LogP contribution in [0, 0.1) is 0 Å². The zero-order valence-electron chi connectivity index (χ0n) is 8.49. The average molecular weight is 254 g/mol. The molecule has 17 heavy (non-hydrogen) atoms. The van der Waals surface area contributed by atoms with Crippen LogP contribution in [0.3, 0.4) is 0 Å². The van der Waals surface area contributed by atoms with Crippen LogP contribution in [0.1, 0.15) is 20.3 Å². The molecule has 2 aromatic rings. The molecule has 0 aliphatic rings. The SMILES string of the molecule is Cn1nnc(NC(=O)c2nc(C(=O)O)cs2)n1. The summed E-state index contributed by atoms with van der Waals surface area (Å²) in [5, 5.41) is 23.1. The fourth-order valence-corrected chi connectivity index (χ4v) is 1.65. The van der Waals surface area contributed by atoms with Crippen LogP contribution in [0.2, 0.25) is 0 Å². The summed E-state index contributed by atoms with van der Waals surface area (Å²) < 4.78 is 0. The molecule has 9 nitrogen and oxygen atoms in total. The number of tetrazole rings is 1. The highest BCUT2D eigenvalue weighted by Gasteiger charge is 2.16. The van der Waals surface area contributed by atoms with Gasteiger partial charge in [-0.3, -0.25) is 10.1 Å². The monoisotopic (exact) mass is 254 g/mol. The first kappa shape index (κ1) is 11.1. The molecule has 0 radical (unpaired) electrons. The summed E-state index contributed by atoms with van der Waals surface area (Å²) in [5.74, 6) is -1.72. The van der Waals surface area contributed by atoms with E-state index in [1.165, 1.54) is 10.2 Å². The lowest BCUT2D eigenvalue weighted by atomic mass is 10.5. The standard InChI is InChI=1S/C7H6N6O3S/c1-13-11-7(10-12-13)9-4(14)5-8-3(2-17-5)6(15)16/h2H,1H3,(H,15,16)(H,9,11,14). The number of aromatic carboxylic acids is 1. The summed E-state index contributed by atoms with van der Waals surface area (Å²) in [4.78, 5) is 27.0. The Morgan fingerprint density at radius 2 is 2.29 bits per heavy atom. The minimum atomic E-state index is -1.18. The van der Waals surface area contributed by atoms with Crippen molar-refractivity contribution in [3.05, 3.63) is 16.1 Å². The third-order valence-corrected chi connectivity index (χ3v) is 2.49. The summed E-state index contributed by atoms with van der Waals surface area (Å²) in [6.07, 6.45) is 0. The van der Waals surface area contributed by atoms with E-state index in [0.29, 0.717) is 0 Å². The van der Waals surface area contributed by atoms with Crippen molar-refractivity contribution < 1.29 is 14.7 Å². The first-order valence-corrected chi connectivity index (χ1v) is 5.18. The predicted molar refractivity (Wildman–Crippen MR) is 55.8 cm³/mol. The van der Waals surface area contributed by atoms with Gasteiger partial charge in [0.05, 0.1) is 7.05 Å². The van der Waals surface area contributed by atoms with Gasteiger partial charge >= 0.3 is 5.97 Å². The highest BCUT2D eigenvalue weighted by Crippen LogP contribution is 2.11. The molecule has 2 N–H and O–H groups in total. The van der Waals surface area contributed by atoms with Crippen LogP contribution in [0.15, 0.2) is 5.38 Å². The zero-order valence-corrected chi connectivity index (χ0v) is 9.30. The number of hydrogen-bond acceptors (Lipinski definition) is 7. The smallest absolute Gasteiger partial charge is 0.355 e. The summed E-state index contributed by atoms with van der Waals surface area (Å²) >= 11 is 0.925. The number of carbonyl (C=O) groups excluding carboxylic acids is 1. The van der Waals surface area contributed by atoms with E-state index in [9.17, 15) is 9.59 Å². The van der Waals surface area contributed by atoms with Gasteiger partial charge in [0.25, 0.3) is 11.9 Å². The summed E-state index contributed by atoms with van der Waals surface area (Å²) in [6, 6.07) is 0. The topological polar surface area (TPSA) is 123 Å². The lowest BCUT2D eigenvalue weighted by Crippen LogP contribution is -2.13. The minimum Gasteiger partial charge on any atom is -0.476 e. The van der Waals surface area contributed by atoms with E-state index >= 15 is 0 Å². The van der Waals surface area contributed by atoms with E-state index in [1.54, 1.807) is 7.05 Å². The number of nitrogens with one attached hydrogen (secondary N) is 1. The second kappa shape index (κ2) is 4.25. The molecule has 2 aromatic heterocycles. The van der Waals surface area contributed by atoms with E-state index in [1.807, 2.05) is 0 Å². The first-order valence-electron chi connectivity index (χ1n) is 4.30. The number of aromatic nitrogens is 5. The van der Waals surface area contributed by atoms with Crippen molar-refractivity contribution in [2.24, 2.45) is 7.05 Å². The number of rotatable bonds is 3. The van der Waals surface area contributed by atoms with Crippen LogP contribution in [0.25, 0.3) is 0 Å². The number of carboxylic acids is 1. The lowest BCUT2D eigenvalue weighted by molar-refractivity contribution is 0.0691. The second-order valence-corrected chi connectivity index (χ2v) is 3.76. The van der Waals surface area contributed by atoms with Gasteiger partial charge in [-0.25, -0.2) is 9.78 Å². The van der Waals surface area contributed by atoms with E-state index in [2.05, 4.69) is 25.7 Å². The van der Waals surface area contributed by atoms with Gasteiger partial charge < -0.3 is 5.11 Å². The van der Waals surface area contributed by atoms with Crippen molar-refractivity contribution in [2.75, 3.05) is 5.32 Å². The maximum Gasteiger partial charge on any atom is 0.355 e. The van der Waals surface area contributed by atoms with Crippen LogP contribution in [0.5, 0.6) is 0 Å². The molecule has 1 amide bonds. The Bertz CT molecular complexity index is 576. The van der Waals surface area contributed by atoms with Gasteiger partial charge in [-0.1, -0.05) is 5.10 Å². The molecule has 0 unspecified atom stereocenters. The van der Waals surface area contributed by atoms with Crippen LogP contribution in [0.4, 0.5) is 5.95 Å². The van der Waals surface area contributed by atoms with E-state index in [0.717, 1.165) is 11.3 Å². The Labute approximate surface area is 98.1 Å². The predicted octanol–water partition coefficient (Wildman–Crippen LogP) is -0.383. The van der Waals surface area contributed by atoms with Gasteiger partial charge in [0.1, 0.15) is 0 Å². The van der Waals surface area contributed by atoms with Crippen molar-refractivity contribution in [1.29, 1.82) is 0 Å². The lowest BCUT2D eigenvalue weighted by Gasteiger charge is -1.94. The third kappa shape index (κ3) is 2.42.